The fourth-order valence-corrected chi connectivity index (χ4v) is 3.97. The summed E-state index contributed by atoms with van der Waals surface area (Å²) in [5, 5.41) is 13.9. The van der Waals surface area contributed by atoms with Crippen LogP contribution in [0.2, 0.25) is 10.0 Å². The number of rotatable bonds is 5. The summed E-state index contributed by atoms with van der Waals surface area (Å²) < 4.78 is 6.49. The van der Waals surface area contributed by atoms with Crippen molar-refractivity contribution in [2.24, 2.45) is 0 Å². The van der Waals surface area contributed by atoms with Crippen LogP contribution in [-0.2, 0) is 4.79 Å². The molecule has 0 aliphatic rings. The molecule has 146 valence electrons. The summed E-state index contributed by atoms with van der Waals surface area (Å²) in [5.41, 5.74) is 1.18. The summed E-state index contributed by atoms with van der Waals surface area (Å²) in [6.07, 6.45) is 1.39. The minimum absolute atomic E-state index is 0.0892. The number of carbonyl (C=O) groups is 1. The lowest BCUT2D eigenvalue weighted by atomic mass is 10.1. The molecule has 3 aromatic rings. The molecule has 1 amide bonds. The van der Waals surface area contributed by atoms with Crippen molar-refractivity contribution in [2.45, 2.75) is 16.9 Å². The highest BCUT2D eigenvalue weighted by Crippen LogP contribution is 2.37. The number of amides is 1. The Morgan fingerprint density at radius 3 is 2.66 bits per heavy atom. The third-order valence-corrected chi connectivity index (χ3v) is 6.38. The fraction of sp³-hybridized carbons (Fsp3) is 0.0476. The average Bonchev–Trinajstić information content (AvgIpc) is 3.04. The van der Waals surface area contributed by atoms with Crippen molar-refractivity contribution < 1.29 is 9.21 Å². The Labute approximate surface area is 190 Å². The molecule has 0 aliphatic heterocycles. The predicted molar refractivity (Wildman–Crippen MR) is 120 cm³/mol. The van der Waals surface area contributed by atoms with Crippen molar-refractivity contribution in [3.05, 3.63) is 79.9 Å². The fourth-order valence-electron chi connectivity index (χ4n) is 2.34. The van der Waals surface area contributed by atoms with Crippen LogP contribution in [-0.4, -0.2) is 5.91 Å². The number of hydrogen-bond acceptors (Lipinski definition) is 4. The molecule has 0 bridgehead atoms. The average molecular weight is 508 g/mol. The molecule has 29 heavy (non-hydrogen) atoms. The monoisotopic (exact) mass is 506 g/mol. The lowest BCUT2D eigenvalue weighted by Crippen LogP contribution is -2.14. The summed E-state index contributed by atoms with van der Waals surface area (Å²) in [7, 11) is 0. The van der Waals surface area contributed by atoms with Gasteiger partial charge < -0.3 is 9.73 Å². The van der Waals surface area contributed by atoms with Crippen LogP contribution in [0.3, 0.4) is 0 Å². The molecule has 0 aliphatic carbocycles. The van der Waals surface area contributed by atoms with Gasteiger partial charge in [0.2, 0.25) is 0 Å². The zero-order chi connectivity index (χ0) is 21.0. The summed E-state index contributed by atoms with van der Waals surface area (Å²) >= 11 is 16.8. The molecule has 1 N–H and O–H groups in total. The van der Waals surface area contributed by atoms with E-state index in [1.807, 2.05) is 18.2 Å². The first-order valence-corrected chi connectivity index (χ1v) is 10.6. The number of anilines is 1. The standard InChI is InChI=1S/C21H13BrCl2N2O2S/c1-12-18(24)3-2-4-19(12)26-20(27)13(11-25)9-15-10-17(22)21(28-15)29-16-7-5-14(23)6-8-16/h2-10H,1H3,(H,26,27)/b13-9-. The van der Waals surface area contributed by atoms with Crippen molar-refractivity contribution in [2.75, 3.05) is 5.32 Å². The largest absolute Gasteiger partial charge is 0.449 e. The van der Waals surface area contributed by atoms with Gasteiger partial charge in [0.15, 0.2) is 5.09 Å². The van der Waals surface area contributed by atoms with Gasteiger partial charge in [-0.3, -0.25) is 4.79 Å². The number of carbonyl (C=O) groups excluding carboxylic acids is 1. The van der Waals surface area contributed by atoms with Crippen molar-refractivity contribution in [3.63, 3.8) is 0 Å². The molecule has 2 aromatic carbocycles. The smallest absolute Gasteiger partial charge is 0.266 e. The Hall–Kier alpha value is -2.17. The Balaban J connectivity index is 1.80. The second kappa shape index (κ2) is 9.55. The molecule has 0 atom stereocenters. The van der Waals surface area contributed by atoms with E-state index in [4.69, 9.17) is 27.6 Å². The van der Waals surface area contributed by atoms with Gasteiger partial charge in [0.1, 0.15) is 17.4 Å². The van der Waals surface area contributed by atoms with E-state index < -0.39 is 5.91 Å². The van der Waals surface area contributed by atoms with E-state index in [1.54, 1.807) is 43.3 Å². The van der Waals surface area contributed by atoms with Crippen molar-refractivity contribution in [3.8, 4) is 6.07 Å². The minimum atomic E-state index is -0.544. The topological polar surface area (TPSA) is 66.0 Å². The van der Waals surface area contributed by atoms with Crippen LogP contribution in [0, 0.1) is 18.3 Å². The first-order valence-electron chi connectivity index (χ1n) is 8.28. The lowest BCUT2D eigenvalue weighted by Gasteiger charge is -2.08. The SMILES string of the molecule is Cc1c(Cl)cccc1NC(=O)/C(C#N)=C\c1cc(Br)c(Sc2ccc(Cl)cc2)o1. The summed E-state index contributed by atoms with van der Waals surface area (Å²) in [5.74, 6) is -0.167. The van der Waals surface area contributed by atoms with E-state index in [0.29, 0.717) is 31.1 Å². The molecule has 0 spiro atoms. The van der Waals surface area contributed by atoms with E-state index in [2.05, 4.69) is 21.2 Å². The number of benzene rings is 2. The predicted octanol–water partition coefficient (Wildman–Crippen LogP) is 7.35. The van der Waals surface area contributed by atoms with Gasteiger partial charge in [-0.05, 0) is 70.9 Å². The maximum atomic E-state index is 12.5. The normalized spacial score (nSPS) is 11.2. The van der Waals surface area contributed by atoms with Gasteiger partial charge in [0.25, 0.3) is 5.91 Å². The van der Waals surface area contributed by atoms with Crippen LogP contribution in [0.25, 0.3) is 6.08 Å². The number of halogens is 3. The number of hydrogen-bond donors (Lipinski definition) is 1. The van der Waals surface area contributed by atoms with Gasteiger partial charge >= 0.3 is 0 Å². The molecular weight excluding hydrogens is 495 g/mol. The minimum Gasteiger partial charge on any atom is -0.449 e. The summed E-state index contributed by atoms with van der Waals surface area (Å²) in [6, 6.07) is 16.1. The lowest BCUT2D eigenvalue weighted by molar-refractivity contribution is -0.112. The number of nitrogens with one attached hydrogen (secondary N) is 1. The first-order chi connectivity index (χ1) is 13.9. The highest BCUT2D eigenvalue weighted by Gasteiger charge is 2.15. The third-order valence-electron chi connectivity index (χ3n) is 3.87. The number of furan rings is 1. The van der Waals surface area contributed by atoms with Crippen LogP contribution in [0.15, 0.2) is 73.0 Å². The van der Waals surface area contributed by atoms with Crippen molar-refractivity contribution >= 4 is 68.6 Å². The van der Waals surface area contributed by atoms with Crippen LogP contribution in [0.5, 0.6) is 0 Å². The Kier molecular flexibility index (Phi) is 7.09. The molecule has 1 heterocycles. The highest BCUT2D eigenvalue weighted by atomic mass is 79.9. The highest BCUT2D eigenvalue weighted by molar-refractivity contribution is 9.10. The molecular formula is C21H13BrCl2N2O2S. The van der Waals surface area contributed by atoms with Gasteiger partial charge in [0, 0.05) is 26.7 Å². The van der Waals surface area contributed by atoms with E-state index in [1.165, 1.54) is 17.8 Å². The summed E-state index contributed by atoms with van der Waals surface area (Å²) in [6.45, 7) is 1.79. The van der Waals surface area contributed by atoms with E-state index >= 15 is 0 Å². The zero-order valence-corrected chi connectivity index (χ0v) is 18.9. The Morgan fingerprint density at radius 1 is 1.24 bits per heavy atom. The molecule has 0 unspecified atom stereocenters. The quantitative estimate of drug-likeness (QED) is 0.289. The van der Waals surface area contributed by atoms with Gasteiger partial charge in [-0.2, -0.15) is 5.26 Å². The second-order valence-electron chi connectivity index (χ2n) is 5.88. The maximum Gasteiger partial charge on any atom is 0.266 e. The Morgan fingerprint density at radius 2 is 1.97 bits per heavy atom. The van der Waals surface area contributed by atoms with Gasteiger partial charge in [-0.25, -0.2) is 0 Å². The molecule has 0 saturated heterocycles. The van der Waals surface area contributed by atoms with Gasteiger partial charge in [-0.1, -0.05) is 41.0 Å². The van der Waals surface area contributed by atoms with Crippen LogP contribution < -0.4 is 5.32 Å². The van der Waals surface area contributed by atoms with Crippen molar-refractivity contribution in [1.29, 1.82) is 5.26 Å². The van der Waals surface area contributed by atoms with Crippen LogP contribution in [0.1, 0.15) is 11.3 Å². The Bertz CT molecular complexity index is 1130. The number of nitriles is 1. The molecule has 0 radical (unpaired) electrons. The van der Waals surface area contributed by atoms with Crippen molar-refractivity contribution in [1.82, 2.24) is 0 Å². The molecule has 1 aromatic heterocycles. The maximum absolute atomic E-state index is 12.5. The molecule has 0 fully saturated rings. The third kappa shape index (κ3) is 5.46. The first kappa shape index (κ1) is 21.5. The molecule has 8 heteroatoms. The van der Waals surface area contributed by atoms with E-state index in [0.717, 1.165) is 10.5 Å². The van der Waals surface area contributed by atoms with Crippen LogP contribution in [0.4, 0.5) is 5.69 Å². The van der Waals surface area contributed by atoms with E-state index in [-0.39, 0.29) is 5.57 Å². The van der Waals surface area contributed by atoms with E-state index in [9.17, 15) is 10.1 Å². The van der Waals surface area contributed by atoms with Gasteiger partial charge in [-0.15, -0.1) is 0 Å². The molecule has 4 nitrogen and oxygen atoms in total. The van der Waals surface area contributed by atoms with Gasteiger partial charge in [0.05, 0.1) is 4.47 Å². The zero-order valence-electron chi connectivity index (χ0n) is 15.0. The second-order valence-corrected chi connectivity index (χ2v) is 8.62. The molecule has 3 rings (SSSR count). The van der Waals surface area contributed by atoms with Crippen LogP contribution >= 0.6 is 50.9 Å². The molecule has 0 saturated carbocycles. The summed E-state index contributed by atoms with van der Waals surface area (Å²) in [4.78, 5) is 13.4. The number of nitrogens with zero attached hydrogens (tertiary/aromatic N) is 1.